The minimum absolute atomic E-state index is 0.175. The molecule has 32 atom stereocenters. The molecule has 0 saturated carbocycles. The molecule has 0 aromatic rings. The minimum Gasteiger partial charge on any atom is -0.394 e. The smallest absolute Gasteiger partial charge is 0.220 e. The highest BCUT2D eigenvalue weighted by molar-refractivity contribution is 5.76. The van der Waals surface area contributed by atoms with Gasteiger partial charge >= 0.3 is 0 Å². The van der Waals surface area contributed by atoms with Crippen molar-refractivity contribution >= 4 is 11.8 Å². The van der Waals surface area contributed by atoms with Crippen molar-refractivity contribution in [3.05, 3.63) is 12.2 Å². The Morgan fingerprint density at radius 3 is 1.24 bits per heavy atom. The largest absolute Gasteiger partial charge is 0.394 e. The number of rotatable bonds is 48. The highest BCUT2D eigenvalue weighted by Gasteiger charge is 2.59. The average Bonchev–Trinajstić information content (AvgIpc) is 0.750. The first-order valence-electron chi connectivity index (χ1n) is 38.8. The van der Waals surface area contributed by atoms with Crippen LogP contribution in [0.2, 0.25) is 0 Å². The topological polar surface area (TPSA) is 533 Å². The van der Waals surface area contributed by atoms with Crippen molar-refractivity contribution in [3.63, 3.8) is 0 Å². The summed E-state index contributed by atoms with van der Waals surface area (Å²) in [6.07, 6.45) is -25.3. The van der Waals surface area contributed by atoms with Gasteiger partial charge in [-0.3, -0.25) is 9.59 Å². The standard InChI is InChI=1S/C72H130N2O32/c1-5-7-9-11-13-15-17-19-21-23-25-27-29-31-42(81)41(74-48(82)32-30-28-26-24-22-20-18-16-14-12-10-8-6-2)38-95-68-59(92)56(89)62(46(36-78)101-68)102-71-61(94)66(53(86)45(35-77)98-71)106-72-60(93)65(52(85)44(34-76)99-72)105-67-49(73-40(4)80)64(104-69-57(90)54(87)50(83)39(3)96-69)63(47(37-79)100-67)103-70-58(91)55(88)51(84)43(33-75)97-70/h29,31,39,41-47,49-72,75-79,81,83-94H,5-28,30,32-38H2,1-4H3,(H,73,80)(H,74,82)/b31-29+/t39?,41-,42+,43?,44?,45?,46?,47?,49?,50+,51-,52-,53-,54?,55-,56+,57-,58?,59?,60?,61?,62+,63+,64+,65-,66-,67-,68+,69+,70-,71-,72+/m0/s1. The van der Waals surface area contributed by atoms with Gasteiger partial charge in [-0.25, -0.2) is 0 Å². The van der Waals surface area contributed by atoms with E-state index in [4.69, 9.17) is 56.8 Å². The molecule has 2 amide bonds. The molecule has 0 aliphatic carbocycles. The average molecular weight is 1540 g/mol. The van der Waals surface area contributed by atoms with Crippen LogP contribution >= 0.6 is 0 Å². The summed E-state index contributed by atoms with van der Waals surface area (Å²) < 4.78 is 71.3. The van der Waals surface area contributed by atoms with Crippen LogP contribution in [-0.4, -0.2) is 340 Å². The Morgan fingerprint density at radius 1 is 0.387 bits per heavy atom. The molecule has 20 N–H and O–H groups in total. The summed E-state index contributed by atoms with van der Waals surface area (Å²) >= 11 is 0. The lowest BCUT2D eigenvalue weighted by atomic mass is 9.93. The van der Waals surface area contributed by atoms with E-state index >= 15 is 0 Å². The molecule has 6 rings (SSSR count). The molecular formula is C72H130N2O32. The van der Waals surface area contributed by atoms with Crippen LogP contribution in [0.4, 0.5) is 0 Å². The number of aliphatic hydroxyl groups excluding tert-OH is 18. The van der Waals surface area contributed by atoms with E-state index < -0.39 is 242 Å². The molecule has 106 heavy (non-hydrogen) atoms. The summed E-state index contributed by atoms with van der Waals surface area (Å²) in [5.41, 5.74) is 0. The fourth-order valence-corrected chi connectivity index (χ4v) is 14.3. The fourth-order valence-electron chi connectivity index (χ4n) is 14.3. The summed E-state index contributed by atoms with van der Waals surface area (Å²) in [7, 11) is 0. The van der Waals surface area contributed by atoms with E-state index in [9.17, 15) is 102 Å². The van der Waals surface area contributed by atoms with Gasteiger partial charge in [0.15, 0.2) is 37.7 Å². The van der Waals surface area contributed by atoms with Crippen LogP contribution in [0, 0.1) is 0 Å². The molecule has 6 fully saturated rings. The van der Waals surface area contributed by atoms with Gasteiger partial charge in [0.1, 0.15) is 140 Å². The first-order chi connectivity index (χ1) is 50.9. The number of hydrogen-bond acceptors (Lipinski definition) is 32. The predicted molar refractivity (Wildman–Crippen MR) is 372 cm³/mol. The third-order valence-electron chi connectivity index (χ3n) is 20.8. The molecular weight excluding hydrogens is 1400 g/mol. The van der Waals surface area contributed by atoms with Gasteiger partial charge < -0.3 is 159 Å². The van der Waals surface area contributed by atoms with Crippen molar-refractivity contribution in [2.75, 3.05) is 39.6 Å². The Morgan fingerprint density at radius 2 is 0.755 bits per heavy atom. The number of hydrogen-bond donors (Lipinski definition) is 20. The number of amides is 2. The number of ether oxygens (including phenoxy) is 12. The van der Waals surface area contributed by atoms with Crippen LogP contribution < -0.4 is 10.6 Å². The Bertz CT molecular complexity index is 2420. The summed E-state index contributed by atoms with van der Waals surface area (Å²) in [6, 6.07) is -2.91. The molecule has 34 nitrogen and oxygen atoms in total. The van der Waals surface area contributed by atoms with E-state index in [1.54, 1.807) is 6.08 Å². The maximum Gasteiger partial charge on any atom is 0.220 e. The summed E-state index contributed by atoms with van der Waals surface area (Å²) in [4.78, 5) is 26.7. The molecule has 0 aromatic carbocycles. The van der Waals surface area contributed by atoms with E-state index in [0.29, 0.717) is 12.8 Å². The highest BCUT2D eigenvalue weighted by Crippen LogP contribution is 2.38. The number of unbranched alkanes of at least 4 members (excludes halogenated alkanes) is 23. The number of nitrogens with one attached hydrogen (secondary N) is 2. The third-order valence-corrected chi connectivity index (χ3v) is 20.8. The first kappa shape index (κ1) is 92.3. The van der Waals surface area contributed by atoms with Crippen LogP contribution in [-0.2, 0) is 66.4 Å². The number of allylic oxidation sites excluding steroid dienone is 1. The molecule has 0 spiro atoms. The molecule has 12 unspecified atom stereocenters. The SMILES string of the molecule is CCCCCCCCCCCCC/C=C/[C@@H](O)[C@H](CO[C@@H]1OC(CO)[C@@H](O[C@@H]2OC(CO)[C@H](O)[C@H](O[C@H]3OC(CO)[C@H](O)[C@H](O[C@@H]4OC(CO)[C@@H](O[C@@H]5OC(CO)[C@H](O)[C@H](O)C5O)[C@H](O[C@H]5OC(C)[C@@H](O)C(O)[C@@H]5O)C4NC(C)=O)C3O)C2O)[C@H](O)C1O)NC(=O)CCCCCCCCCCCCCCC. The van der Waals surface area contributed by atoms with Crippen molar-refractivity contribution in [2.45, 2.75) is 391 Å². The van der Waals surface area contributed by atoms with Gasteiger partial charge in [0.2, 0.25) is 11.8 Å². The lowest BCUT2D eigenvalue weighted by molar-refractivity contribution is -0.396. The summed E-state index contributed by atoms with van der Waals surface area (Å²) in [5.74, 6) is -1.23. The van der Waals surface area contributed by atoms with Crippen LogP contribution in [0.3, 0.4) is 0 Å². The lowest BCUT2D eigenvalue weighted by Crippen LogP contribution is -2.71. The Labute approximate surface area is 621 Å². The molecule has 620 valence electrons. The lowest BCUT2D eigenvalue weighted by Gasteiger charge is -2.51. The van der Waals surface area contributed by atoms with Crippen LogP contribution in [0.25, 0.3) is 0 Å². The van der Waals surface area contributed by atoms with E-state index in [-0.39, 0.29) is 12.3 Å². The zero-order chi connectivity index (χ0) is 77.6. The zero-order valence-electron chi connectivity index (χ0n) is 62.0. The highest BCUT2D eigenvalue weighted by atomic mass is 16.8. The fraction of sp³-hybridized carbons (Fsp3) is 0.944. The van der Waals surface area contributed by atoms with Gasteiger partial charge in [0.25, 0.3) is 0 Å². The summed E-state index contributed by atoms with van der Waals surface area (Å²) in [5, 5.41) is 205. The monoisotopic (exact) mass is 1530 g/mol. The third kappa shape index (κ3) is 27.1. The second-order valence-electron chi connectivity index (χ2n) is 29.2. The maximum atomic E-state index is 13.5. The molecule has 0 aromatic heterocycles. The van der Waals surface area contributed by atoms with E-state index in [1.165, 1.54) is 103 Å². The van der Waals surface area contributed by atoms with Gasteiger partial charge in [-0.15, -0.1) is 0 Å². The van der Waals surface area contributed by atoms with Crippen molar-refractivity contribution in [1.29, 1.82) is 0 Å². The minimum atomic E-state index is -2.31. The number of carbonyl (C=O) groups excluding carboxylic acids is 2. The molecule has 0 radical (unpaired) electrons. The summed E-state index contributed by atoms with van der Waals surface area (Å²) in [6.45, 7) is 1.26. The molecule has 6 aliphatic rings. The van der Waals surface area contributed by atoms with Crippen molar-refractivity contribution < 1.29 is 158 Å². The molecule has 6 saturated heterocycles. The van der Waals surface area contributed by atoms with Gasteiger partial charge in [-0.05, 0) is 26.2 Å². The van der Waals surface area contributed by atoms with Crippen molar-refractivity contribution in [1.82, 2.24) is 10.6 Å². The Balaban J connectivity index is 1.13. The van der Waals surface area contributed by atoms with Crippen molar-refractivity contribution in [3.8, 4) is 0 Å². The van der Waals surface area contributed by atoms with Gasteiger partial charge in [0, 0.05) is 13.3 Å². The maximum absolute atomic E-state index is 13.5. The molecule has 6 aliphatic heterocycles. The first-order valence-corrected chi connectivity index (χ1v) is 38.8. The van der Waals surface area contributed by atoms with Crippen LogP contribution in [0.5, 0.6) is 0 Å². The van der Waals surface area contributed by atoms with E-state index in [0.717, 1.165) is 58.3 Å². The van der Waals surface area contributed by atoms with Gasteiger partial charge in [-0.2, -0.15) is 0 Å². The number of aliphatic hydroxyl groups is 18. The van der Waals surface area contributed by atoms with Crippen LogP contribution in [0.1, 0.15) is 195 Å². The van der Waals surface area contributed by atoms with E-state index in [2.05, 4.69) is 24.5 Å². The van der Waals surface area contributed by atoms with Gasteiger partial charge in [-0.1, -0.05) is 167 Å². The normalized spacial score (nSPS) is 38.7. The quantitative estimate of drug-likeness (QED) is 0.0225. The molecule has 6 heterocycles. The Kier molecular flexibility index (Phi) is 42.3. The van der Waals surface area contributed by atoms with E-state index in [1.807, 2.05) is 6.08 Å². The van der Waals surface area contributed by atoms with Crippen LogP contribution in [0.15, 0.2) is 12.2 Å². The number of carbonyl (C=O) groups is 2. The van der Waals surface area contributed by atoms with Crippen molar-refractivity contribution in [2.24, 2.45) is 0 Å². The second kappa shape index (κ2) is 48.5. The predicted octanol–water partition coefficient (Wildman–Crippen LogP) is -2.32. The molecule has 0 bridgehead atoms. The second-order valence-corrected chi connectivity index (χ2v) is 29.2. The van der Waals surface area contributed by atoms with Gasteiger partial charge in [0.05, 0.1) is 57.9 Å². The molecule has 34 heteroatoms. The zero-order valence-corrected chi connectivity index (χ0v) is 62.0. The Hall–Kier alpha value is -2.52.